The largest absolute Gasteiger partial charge is 0.339 e. The minimum atomic E-state index is 0.561. The summed E-state index contributed by atoms with van der Waals surface area (Å²) >= 11 is 0. The second kappa shape index (κ2) is 5.17. The second-order valence-electron chi connectivity index (χ2n) is 3.79. The summed E-state index contributed by atoms with van der Waals surface area (Å²) in [6, 6.07) is 13.2. The zero-order chi connectivity index (χ0) is 13.0. The van der Waals surface area contributed by atoms with Crippen LogP contribution in [0.4, 0.5) is 17.3 Å². The van der Waals surface area contributed by atoms with Gasteiger partial charge in [0.2, 0.25) is 0 Å². The summed E-state index contributed by atoms with van der Waals surface area (Å²) in [4.78, 5) is 4.23. The molecule has 0 spiro atoms. The number of nitrogens with one attached hydrogen (secondary N) is 2. The molecule has 0 saturated carbocycles. The van der Waals surface area contributed by atoms with Crippen molar-refractivity contribution < 1.29 is 0 Å². The second-order valence-corrected chi connectivity index (χ2v) is 3.79. The van der Waals surface area contributed by atoms with Crippen LogP contribution < -0.4 is 16.6 Å². The quantitative estimate of drug-likeness (QED) is 0.565. The maximum absolute atomic E-state index is 9.14. The minimum Gasteiger partial charge on any atom is -0.339 e. The van der Waals surface area contributed by atoms with Crippen LogP contribution in [0.1, 0.15) is 11.1 Å². The molecule has 0 atom stereocenters. The Kier molecular flexibility index (Phi) is 3.41. The SMILES string of the molecule is Cc1cccc(Nc2cccc(NN)n2)c1C#N. The van der Waals surface area contributed by atoms with Crippen LogP contribution >= 0.6 is 0 Å². The summed E-state index contributed by atoms with van der Waals surface area (Å²) in [5, 5.41) is 12.2. The first-order valence-electron chi connectivity index (χ1n) is 5.45. The molecule has 0 unspecified atom stereocenters. The highest BCUT2D eigenvalue weighted by molar-refractivity contribution is 5.67. The number of anilines is 3. The number of hydrazine groups is 1. The first-order valence-corrected chi connectivity index (χ1v) is 5.45. The molecule has 0 saturated heterocycles. The maximum Gasteiger partial charge on any atom is 0.142 e. The summed E-state index contributed by atoms with van der Waals surface area (Å²) in [5.41, 5.74) is 4.75. The fourth-order valence-corrected chi connectivity index (χ4v) is 1.64. The van der Waals surface area contributed by atoms with Crippen molar-refractivity contribution in [2.45, 2.75) is 6.92 Å². The lowest BCUT2D eigenvalue weighted by Gasteiger charge is -2.10. The average Bonchev–Trinajstić information content (AvgIpc) is 2.39. The van der Waals surface area contributed by atoms with Crippen LogP contribution in [-0.4, -0.2) is 4.98 Å². The van der Waals surface area contributed by atoms with E-state index < -0.39 is 0 Å². The molecule has 5 nitrogen and oxygen atoms in total. The molecule has 1 aromatic carbocycles. The van der Waals surface area contributed by atoms with Gasteiger partial charge in [0.1, 0.15) is 17.7 Å². The molecule has 18 heavy (non-hydrogen) atoms. The van der Waals surface area contributed by atoms with Gasteiger partial charge in [-0.05, 0) is 30.7 Å². The highest BCUT2D eigenvalue weighted by atomic mass is 15.3. The van der Waals surface area contributed by atoms with Crippen LogP contribution in [0.3, 0.4) is 0 Å². The number of nitriles is 1. The number of aryl methyl sites for hydroxylation is 1. The van der Waals surface area contributed by atoms with Gasteiger partial charge in [0, 0.05) is 0 Å². The molecule has 2 rings (SSSR count). The summed E-state index contributed by atoms with van der Waals surface area (Å²) in [6.45, 7) is 1.90. The summed E-state index contributed by atoms with van der Waals surface area (Å²) in [7, 11) is 0. The Hall–Kier alpha value is -2.58. The van der Waals surface area contributed by atoms with Gasteiger partial charge in [-0.25, -0.2) is 10.8 Å². The normalized spacial score (nSPS) is 9.61. The average molecular weight is 239 g/mol. The van der Waals surface area contributed by atoms with Gasteiger partial charge in [-0.15, -0.1) is 0 Å². The van der Waals surface area contributed by atoms with Gasteiger partial charge in [-0.2, -0.15) is 5.26 Å². The number of nitrogen functional groups attached to an aromatic ring is 1. The first kappa shape index (κ1) is 11.9. The molecule has 0 aliphatic heterocycles. The first-order chi connectivity index (χ1) is 8.74. The van der Waals surface area contributed by atoms with Gasteiger partial charge >= 0.3 is 0 Å². The fourth-order valence-electron chi connectivity index (χ4n) is 1.64. The van der Waals surface area contributed by atoms with Crippen molar-refractivity contribution in [3.05, 3.63) is 47.5 Å². The van der Waals surface area contributed by atoms with Crippen molar-refractivity contribution in [3.63, 3.8) is 0 Å². The molecule has 2 aromatic rings. The Morgan fingerprint density at radius 2 is 1.89 bits per heavy atom. The number of nitrogens with two attached hydrogens (primary N) is 1. The highest BCUT2D eigenvalue weighted by Crippen LogP contribution is 2.22. The number of nitrogens with zero attached hydrogens (tertiary/aromatic N) is 2. The monoisotopic (exact) mass is 239 g/mol. The highest BCUT2D eigenvalue weighted by Gasteiger charge is 2.05. The van der Waals surface area contributed by atoms with E-state index in [1.54, 1.807) is 6.07 Å². The number of aromatic nitrogens is 1. The molecule has 0 radical (unpaired) electrons. The van der Waals surface area contributed by atoms with Crippen LogP contribution in [0.2, 0.25) is 0 Å². The smallest absolute Gasteiger partial charge is 0.142 e. The molecular formula is C13H13N5. The molecule has 1 heterocycles. The summed E-state index contributed by atoms with van der Waals surface area (Å²) < 4.78 is 0. The lowest BCUT2D eigenvalue weighted by atomic mass is 10.1. The third kappa shape index (κ3) is 2.39. The summed E-state index contributed by atoms with van der Waals surface area (Å²) in [6.07, 6.45) is 0. The molecule has 4 N–H and O–H groups in total. The molecular weight excluding hydrogens is 226 g/mol. The lowest BCUT2D eigenvalue weighted by molar-refractivity contribution is 1.22. The van der Waals surface area contributed by atoms with Crippen molar-refractivity contribution >= 4 is 17.3 Å². The van der Waals surface area contributed by atoms with E-state index in [-0.39, 0.29) is 0 Å². The molecule has 0 amide bonds. The van der Waals surface area contributed by atoms with E-state index in [1.807, 2.05) is 37.3 Å². The van der Waals surface area contributed by atoms with E-state index in [1.165, 1.54) is 0 Å². The standard InChI is InChI=1S/C13H13N5/c1-9-4-2-5-11(10(9)8-14)16-12-6-3-7-13(17-12)18-15/h2-7H,15H2,1H3,(H2,16,17,18). The predicted octanol–water partition coefficient (Wildman–Crippen LogP) is 2.29. The van der Waals surface area contributed by atoms with Crippen molar-refractivity contribution in [3.8, 4) is 6.07 Å². The van der Waals surface area contributed by atoms with E-state index >= 15 is 0 Å². The molecule has 0 aliphatic carbocycles. The molecule has 1 aromatic heterocycles. The van der Waals surface area contributed by atoms with Crippen LogP contribution in [0, 0.1) is 18.3 Å². The molecule has 90 valence electrons. The Bertz CT molecular complexity index is 601. The van der Waals surface area contributed by atoms with Crippen LogP contribution in [-0.2, 0) is 0 Å². The van der Waals surface area contributed by atoms with Gasteiger partial charge < -0.3 is 10.7 Å². The number of pyridine rings is 1. The number of hydrogen-bond donors (Lipinski definition) is 3. The lowest BCUT2D eigenvalue weighted by Crippen LogP contribution is -2.09. The van der Waals surface area contributed by atoms with Crippen molar-refractivity contribution in [2.75, 3.05) is 10.7 Å². The van der Waals surface area contributed by atoms with Gasteiger partial charge in [0.15, 0.2) is 0 Å². The minimum absolute atomic E-state index is 0.561. The third-order valence-corrected chi connectivity index (χ3v) is 2.54. The summed E-state index contributed by atoms with van der Waals surface area (Å²) in [5.74, 6) is 6.49. The van der Waals surface area contributed by atoms with Crippen molar-refractivity contribution in [2.24, 2.45) is 5.84 Å². The maximum atomic E-state index is 9.14. The Morgan fingerprint density at radius 3 is 2.61 bits per heavy atom. The molecule has 5 heteroatoms. The van der Waals surface area contributed by atoms with Gasteiger partial charge in [0.05, 0.1) is 11.3 Å². The molecule has 0 fully saturated rings. The van der Waals surface area contributed by atoms with Crippen LogP contribution in [0.15, 0.2) is 36.4 Å². The Labute approximate surface area is 105 Å². The van der Waals surface area contributed by atoms with Crippen LogP contribution in [0.5, 0.6) is 0 Å². The van der Waals surface area contributed by atoms with Crippen LogP contribution in [0.25, 0.3) is 0 Å². The van der Waals surface area contributed by atoms with E-state index in [4.69, 9.17) is 11.1 Å². The number of hydrogen-bond acceptors (Lipinski definition) is 5. The van der Waals surface area contributed by atoms with Gasteiger partial charge in [-0.3, -0.25) is 0 Å². The number of rotatable bonds is 3. The fraction of sp³-hybridized carbons (Fsp3) is 0.0769. The Morgan fingerprint density at radius 1 is 1.17 bits per heavy atom. The van der Waals surface area contributed by atoms with E-state index in [2.05, 4.69) is 21.8 Å². The van der Waals surface area contributed by atoms with Gasteiger partial charge in [0.25, 0.3) is 0 Å². The van der Waals surface area contributed by atoms with Crippen molar-refractivity contribution in [1.29, 1.82) is 5.26 Å². The third-order valence-electron chi connectivity index (χ3n) is 2.54. The zero-order valence-corrected chi connectivity index (χ0v) is 9.94. The Balaban J connectivity index is 2.34. The topological polar surface area (TPSA) is 86.8 Å². The zero-order valence-electron chi connectivity index (χ0n) is 9.94. The van der Waals surface area contributed by atoms with Gasteiger partial charge in [-0.1, -0.05) is 18.2 Å². The molecule has 0 aliphatic rings. The van der Waals surface area contributed by atoms with E-state index in [0.717, 1.165) is 11.3 Å². The molecule has 0 bridgehead atoms. The van der Waals surface area contributed by atoms with Crippen molar-refractivity contribution in [1.82, 2.24) is 4.98 Å². The van der Waals surface area contributed by atoms with E-state index in [0.29, 0.717) is 17.2 Å². The number of benzene rings is 1. The predicted molar refractivity (Wildman–Crippen MR) is 71.2 cm³/mol. The van der Waals surface area contributed by atoms with E-state index in [9.17, 15) is 0 Å².